The molecule has 1 atom stereocenters. The highest BCUT2D eigenvalue weighted by Gasteiger charge is 2.37. The van der Waals surface area contributed by atoms with Crippen LogP contribution >= 0.6 is 0 Å². The highest BCUT2D eigenvalue weighted by Crippen LogP contribution is 2.23. The number of hydrogen-bond acceptors (Lipinski definition) is 3. The van der Waals surface area contributed by atoms with Gasteiger partial charge in [-0.1, -0.05) is 0 Å². The van der Waals surface area contributed by atoms with Crippen molar-refractivity contribution in [1.29, 1.82) is 0 Å². The summed E-state index contributed by atoms with van der Waals surface area (Å²) in [7, 11) is -2.14. The molecule has 7 heteroatoms. The molecule has 1 unspecified atom stereocenters. The monoisotopic (exact) mass is 300 g/mol. The van der Waals surface area contributed by atoms with E-state index in [9.17, 15) is 17.6 Å². The quantitative estimate of drug-likeness (QED) is 0.818. The number of hydrogen-bond donors (Lipinski definition) is 0. The molecule has 1 saturated heterocycles. The summed E-state index contributed by atoms with van der Waals surface area (Å²) >= 11 is 0. The normalized spacial score (nSPS) is 21.3. The van der Waals surface area contributed by atoms with Gasteiger partial charge in [-0.05, 0) is 37.6 Å². The Morgan fingerprint density at radius 3 is 2.55 bits per heavy atom. The second kappa shape index (κ2) is 5.14. The highest BCUT2D eigenvalue weighted by molar-refractivity contribution is 7.89. The molecule has 0 spiro atoms. The van der Waals surface area contributed by atoms with Gasteiger partial charge in [-0.15, -0.1) is 0 Å². The van der Waals surface area contributed by atoms with Crippen molar-refractivity contribution in [2.45, 2.75) is 24.8 Å². The van der Waals surface area contributed by atoms with Crippen molar-refractivity contribution >= 4 is 15.9 Å². The summed E-state index contributed by atoms with van der Waals surface area (Å²) in [6.45, 7) is 3.66. The lowest BCUT2D eigenvalue weighted by Gasteiger charge is -2.36. The number of benzene rings is 1. The van der Waals surface area contributed by atoms with Crippen molar-refractivity contribution < 1.29 is 17.6 Å². The average molecular weight is 300 g/mol. The lowest BCUT2D eigenvalue weighted by molar-refractivity contribution is -0.136. The van der Waals surface area contributed by atoms with E-state index >= 15 is 0 Å². The van der Waals surface area contributed by atoms with Crippen molar-refractivity contribution in [2.24, 2.45) is 0 Å². The van der Waals surface area contributed by atoms with Gasteiger partial charge in [-0.2, -0.15) is 4.31 Å². The van der Waals surface area contributed by atoms with Gasteiger partial charge in [0, 0.05) is 20.1 Å². The summed E-state index contributed by atoms with van der Waals surface area (Å²) in [5, 5.41) is 0. The predicted octanol–water partition coefficient (Wildman–Crippen LogP) is 0.985. The van der Waals surface area contributed by atoms with E-state index in [2.05, 4.69) is 0 Å². The molecule has 1 heterocycles. The maximum absolute atomic E-state index is 13.2. The second-order valence-electron chi connectivity index (χ2n) is 4.96. The van der Waals surface area contributed by atoms with E-state index in [1.807, 2.05) is 0 Å². The average Bonchev–Trinajstić information content (AvgIpc) is 2.38. The molecule has 1 aliphatic heterocycles. The van der Waals surface area contributed by atoms with Crippen LogP contribution in [-0.2, 0) is 14.8 Å². The van der Waals surface area contributed by atoms with Gasteiger partial charge in [0.25, 0.3) is 0 Å². The summed E-state index contributed by atoms with van der Waals surface area (Å²) in [5.41, 5.74) is 0.263. The molecule has 0 bridgehead atoms. The van der Waals surface area contributed by atoms with E-state index in [1.165, 1.54) is 28.3 Å². The number of likely N-dealkylation sites (N-methyl/N-ethyl adjacent to an activating group) is 1. The predicted molar refractivity (Wildman–Crippen MR) is 72.1 cm³/mol. The molecule has 1 amide bonds. The molecule has 20 heavy (non-hydrogen) atoms. The van der Waals surface area contributed by atoms with Gasteiger partial charge >= 0.3 is 0 Å². The van der Waals surface area contributed by atoms with Crippen LogP contribution in [0.4, 0.5) is 4.39 Å². The Bertz CT molecular complexity index is 645. The number of carbonyl (C=O) groups is 1. The zero-order valence-electron chi connectivity index (χ0n) is 11.6. The molecule has 0 aliphatic carbocycles. The molecule has 0 aromatic heterocycles. The van der Waals surface area contributed by atoms with Gasteiger partial charge in [-0.3, -0.25) is 4.79 Å². The topological polar surface area (TPSA) is 57.7 Å². The first-order valence-electron chi connectivity index (χ1n) is 6.28. The first-order chi connectivity index (χ1) is 9.25. The van der Waals surface area contributed by atoms with Gasteiger partial charge in [0.1, 0.15) is 11.9 Å². The van der Waals surface area contributed by atoms with Crippen molar-refractivity contribution in [3.8, 4) is 0 Å². The zero-order valence-corrected chi connectivity index (χ0v) is 12.4. The molecule has 0 radical (unpaired) electrons. The summed E-state index contributed by atoms with van der Waals surface area (Å²) in [6, 6.07) is 2.90. The number of aryl methyl sites for hydroxylation is 1. The van der Waals surface area contributed by atoms with Gasteiger partial charge in [0.2, 0.25) is 15.9 Å². The molecule has 1 aliphatic rings. The Hall–Kier alpha value is -1.47. The molecule has 0 saturated carbocycles. The van der Waals surface area contributed by atoms with Gasteiger partial charge in [0.15, 0.2) is 0 Å². The summed E-state index contributed by atoms with van der Waals surface area (Å²) in [4.78, 5) is 13.4. The summed E-state index contributed by atoms with van der Waals surface area (Å²) < 4.78 is 39.5. The fourth-order valence-corrected chi connectivity index (χ4v) is 3.90. The van der Waals surface area contributed by atoms with Crippen LogP contribution in [0.3, 0.4) is 0 Å². The standard InChI is InChI=1S/C13H17FN2O3S/c1-9-8-11(4-5-12(9)14)20(18,19)16-7-6-15(3)13(17)10(16)2/h4-5,8,10H,6-7H2,1-3H3. The number of nitrogens with zero attached hydrogens (tertiary/aromatic N) is 2. The molecule has 0 N–H and O–H groups in total. The summed E-state index contributed by atoms with van der Waals surface area (Å²) in [5.74, 6) is -0.690. The van der Waals surface area contributed by atoms with E-state index in [-0.39, 0.29) is 22.9 Å². The highest BCUT2D eigenvalue weighted by atomic mass is 32.2. The van der Waals surface area contributed by atoms with Crippen LogP contribution in [0.1, 0.15) is 12.5 Å². The van der Waals surface area contributed by atoms with Crippen LogP contribution in [0.15, 0.2) is 23.1 Å². The lowest BCUT2D eigenvalue weighted by Crippen LogP contribution is -2.56. The fourth-order valence-electron chi connectivity index (χ4n) is 2.24. The first kappa shape index (κ1) is 14.9. The van der Waals surface area contributed by atoms with E-state index < -0.39 is 21.9 Å². The van der Waals surface area contributed by atoms with Crippen molar-refractivity contribution in [3.63, 3.8) is 0 Å². The minimum atomic E-state index is -3.79. The van der Waals surface area contributed by atoms with Gasteiger partial charge < -0.3 is 4.90 Å². The van der Waals surface area contributed by atoms with Crippen LogP contribution < -0.4 is 0 Å². The largest absolute Gasteiger partial charge is 0.343 e. The van der Waals surface area contributed by atoms with Crippen molar-refractivity contribution in [2.75, 3.05) is 20.1 Å². The Morgan fingerprint density at radius 1 is 1.30 bits per heavy atom. The van der Waals surface area contributed by atoms with Crippen LogP contribution in [0.2, 0.25) is 0 Å². The number of amides is 1. The number of piperazine rings is 1. The molecule has 5 nitrogen and oxygen atoms in total. The molecule has 1 fully saturated rings. The van der Waals surface area contributed by atoms with Crippen LogP contribution in [0, 0.1) is 12.7 Å². The second-order valence-corrected chi connectivity index (χ2v) is 6.85. The number of carbonyl (C=O) groups excluding carboxylic acids is 1. The lowest BCUT2D eigenvalue weighted by atomic mass is 10.2. The molecule has 2 rings (SSSR count). The van der Waals surface area contributed by atoms with Crippen molar-refractivity contribution in [3.05, 3.63) is 29.6 Å². The SMILES string of the molecule is Cc1cc(S(=O)(=O)N2CCN(C)C(=O)C2C)ccc1F. The van der Waals surface area contributed by atoms with Crippen LogP contribution in [0.25, 0.3) is 0 Å². The molecule has 110 valence electrons. The zero-order chi connectivity index (χ0) is 15.1. The Morgan fingerprint density at radius 2 is 1.95 bits per heavy atom. The Kier molecular flexibility index (Phi) is 3.84. The number of sulfonamides is 1. The molecule has 1 aromatic carbocycles. The number of rotatable bonds is 2. The van der Waals surface area contributed by atoms with Gasteiger partial charge in [0.05, 0.1) is 4.90 Å². The fraction of sp³-hybridized carbons (Fsp3) is 0.462. The third-order valence-electron chi connectivity index (χ3n) is 3.56. The minimum absolute atomic E-state index is 0.0144. The first-order valence-corrected chi connectivity index (χ1v) is 7.72. The van der Waals surface area contributed by atoms with E-state index in [0.29, 0.717) is 6.54 Å². The van der Waals surface area contributed by atoms with E-state index in [1.54, 1.807) is 14.0 Å². The Labute approximate surface area is 118 Å². The summed E-state index contributed by atoms with van der Waals surface area (Å²) in [6.07, 6.45) is 0. The number of halogens is 1. The Balaban J connectivity index is 2.39. The molecular weight excluding hydrogens is 283 g/mol. The van der Waals surface area contributed by atoms with Gasteiger partial charge in [-0.25, -0.2) is 12.8 Å². The third kappa shape index (κ3) is 2.43. The third-order valence-corrected chi connectivity index (χ3v) is 5.52. The van der Waals surface area contributed by atoms with Crippen LogP contribution in [-0.4, -0.2) is 49.7 Å². The van der Waals surface area contributed by atoms with Crippen LogP contribution in [0.5, 0.6) is 0 Å². The molecular formula is C13H17FN2O3S. The smallest absolute Gasteiger partial charge is 0.243 e. The van der Waals surface area contributed by atoms with E-state index in [0.717, 1.165) is 6.07 Å². The minimum Gasteiger partial charge on any atom is -0.343 e. The maximum atomic E-state index is 13.2. The van der Waals surface area contributed by atoms with Crippen molar-refractivity contribution in [1.82, 2.24) is 9.21 Å². The van der Waals surface area contributed by atoms with E-state index in [4.69, 9.17) is 0 Å². The molecule has 1 aromatic rings. The maximum Gasteiger partial charge on any atom is 0.243 e.